The summed E-state index contributed by atoms with van der Waals surface area (Å²) in [6.45, 7) is 6.16. The maximum atomic E-state index is 10.9. The van der Waals surface area contributed by atoms with Gasteiger partial charge in [0.15, 0.2) is 0 Å². The SMILES string of the molecule is CCC(C)(C)N(C)c1ccc([N+](=O)[O-])cc1C=CC(=O)O. The quantitative estimate of drug-likeness (QED) is 0.494. The molecule has 0 aliphatic heterocycles. The fraction of sp³-hybridized carbons (Fsp3) is 0.400. The number of aliphatic carboxylic acids is 1. The third-order valence-corrected chi connectivity index (χ3v) is 3.76. The molecule has 0 bridgehead atoms. The topological polar surface area (TPSA) is 83.7 Å². The smallest absolute Gasteiger partial charge is 0.328 e. The van der Waals surface area contributed by atoms with Gasteiger partial charge in [-0.25, -0.2) is 4.79 Å². The summed E-state index contributed by atoms with van der Waals surface area (Å²) in [6.07, 6.45) is 3.24. The van der Waals surface area contributed by atoms with Crippen molar-refractivity contribution in [2.45, 2.75) is 32.7 Å². The van der Waals surface area contributed by atoms with Crippen LogP contribution < -0.4 is 4.90 Å². The van der Waals surface area contributed by atoms with Crippen LogP contribution in [0.3, 0.4) is 0 Å². The number of carbonyl (C=O) groups is 1. The summed E-state index contributed by atoms with van der Waals surface area (Å²) < 4.78 is 0. The maximum Gasteiger partial charge on any atom is 0.328 e. The molecule has 1 N–H and O–H groups in total. The zero-order valence-electron chi connectivity index (χ0n) is 12.7. The molecule has 0 spiro atoms. The predicted octanol–water partition coefficient (Wildman–Crippen LogP) is 3.32. The van der Waals surface area contributed by atoms with Crippen LogP contribution in [0.2, 0.25) is 0 Å². The van der Waals surface area contributed by atoms with Gasteiger partial charge in [0.25, 0.3) is 5.69 Å². The second-order valence-electron chi connectivity index (χ2n) is 5.40. The van der Waals surface area contributed by atoms with Crippen LogP contribution in [-0.2, 0) is 4.79 Å². The number of carboxylic acids is 1. The lowest BCUT2D eigenvalue weighted by molar-refractivity contribution is -0.384. The van der Waals surface area contributed by atoms with E-state index in [1.54, 1.807) is 6.07 Å². The molecule has 0 heterocycles. The second-order valence-corrected chi connectivity index (χ2v) is 5.40. The number of hydrogen-bond acceptors (Lipinski definition) is 4. The Bertz CT molecular complexity index is 579. The summed E-state index contributed by atoms with van der Waals surface area (Å²) >= 11 is 0. The van der Waals surface area contributed by atoms with Gasteiger partial charge in [-0.05, 0) is 32.4 Å². The second kappa shape index (κ2) is 6.39. The van der Waals surface area contributed by atoms with Crippen molar-refractivity contribution >= 4 is 23.4 Å². The zero-order valence-corrected chi connectivity index (χ0v) is 12.7. The molecule has 6 heteroatoms. The van der Waals surface area contributed by atoms with Gasteiger partial charge in [0.2, 0.25) is 0 Å². The summed E-state index contributed by atoms with van der Waals surface area (Å²) in [7, 11) is 1.89. The van der Waals surface area contributed by atoms with Gasteiger partial charge < -0.3 is 10.0 Å². The van der Waals surface area contributed by atoms with Crippen LogP contribution >= 0.6 is 0 Å². The molecule has 1 aromatic rings. The van der Waals surface area contributed by atoms with E-state index < -0.39 is 10.9 Å². The lowest BCUT2D eigenvalue weighted by Gasteiger charge is -2.37. The van der Waals surface area contributed by atoms with Crippen LogP contribution in [-0.4, -0.2) is 28.6 Å². The first-order valence-corrected chi connectivity index (χ1v) is 6.62. The molecule has 21 heavy (non-hydrogen) atoms. The van der Waals surface area contributed by atoms with Crippen molar-refractivity contribution in [2.75, 3.05) is 11.9 Å². The highest BCUT2D eigenvalue weighted by atomic mass is 16.6. The fourth-order valence-corrected chi connectivity index (χ4v) is 1.82. The molecule has 0 saturated carbocycles. The number of rotatable bonds is 6. The normalized spacial score (nSPS) is 11.6. The van der Waals surface area contributed by atoms with Crippen molar-refractivity contribution in [2.24, 2.45) is 0 Å². The summed E-state index contributed by atoms with van der Waals surface area (Å²) in [6, 6.07) is 4.46. The number of nitro benzene ring substituents is 1. The molecule has 0 unspecified atom stereocenters. The van der Waals surface area contributed by atoms with Crippen molar-refractivity contribution in [3.8, 4) is 0 Å². The van der Waals surface area contributed by atoms with E-state index in [4.69, 9.17) is 5.11 Å². The van der Waals surface area contributed by atoms with E-state index in [-0.39, 0.29) is 11.2 Å². The van der Waals surface area contributed by atoms with Gasteiger partial charge >= 0.3 is 5.97 Å². The maximum absolute atomic E-state index is 10.9. The monoisotopic (exact) mass is 292 g/mol. The van der Waals surface area contributed by atoms with Gasteiger partial charge in [0, 0.05) is 42.0 Å². The van der Waals surface area contributed by atoms with Gasteiger partial charge in [-0.1, -0.05) is 6.92 Å². The van der Waals surface area contributed by atoms with Crippen LogP contribution in [0.5, 0.6) is 0 Å². The number of benzene rings is 1. The molecular formula is C15H20N2O4. The number of nitro groups is 1. The molecule has 0 radical (unpaired) electrons. The zero-order chi connectivity index (χ0) is 16.2. The fourth-order valence-electron chi connectivity index (χ4n) is 1.82. The molecule has 0 aliphatic rings. The number of nitrogens with zero attached hydrogens (tertiary/aromatic N) is 2. The lowest BCUT2D eigenvalue weighted by Crippen LogP contribution is -2.40. The van der Waals surface area contributed by atoms with E-state index in [0.29, 0.717) is 5.56 Å². The molecule has 0 saturated heterocycles. The molecule has 0 aromatic heterocycles. The first-order chi connectivity index (χ1) is 9.69. The highest BCUT2D eigenvalue weighted by Gasteiger charge is 2.24. The van der Waals surface area contributed by atoms with E-state index in [0.717, 1.165) is 18.2 Å². The minimum Gasteiger partial charge on any atom is -0.478 e. The Morgan fingerprint density at radius 3 is 2.57 bits per heavy atom. The highest BCUT2D eigenvalue weighted by molar-refractivity contribution is 5.87. The molecule has 0 aliphatic carbocycles. The minimum atomic E-state index is -1.09. The Hall–Kier alpha value is -2.37. The Morgan fingerprint density at radius 2 is 2.10 bits per heavy atom. The average molecular weight is 292 g/mol. The van der Waals surface area contributed by atoms with Crippen LogP contribution in [0.4, 0.5) is 11.4 Å². The van der Waals surface area contributed by atoms with Gasteiger partial charge in [0.05, 0.1) is 4.92 Å². The molecule has 0 fully saturated rings. The first-order valence-electron chi connectivity index (χ1n) is 6.62. The van der Waals surface area contributed by atoms with E-state index in [1.807, 2.05) is 11.9 Å². The third-order valence-electron chi connectivity index (χ3n) is 3.76. The molecule has 1 aromatic carbocycles. The number of anilines is 1. The molecule has 0 amide bonds. The third kappa shape index (κ3) is 4.05. The van der Waals surface area contributed by atoms with Crippen LogP contribution in [0.1, 0.15) is 32.8 Å². The highest BCUT2D eigenvalue weighted by Crippen LogP contribution is 2.31. The van der Waals surface area contributed by atoms with Crippen LogP contribution in [0.25, 0.3) is 6.08 Å². The number of hydrogen-bond donors (Lipinski definition) is 1. The van der Waals surface area contributed by atoms with E-state index in [1.165, 1.54) is 18.2 Å². The Morgan fingerprint density at radius 1 is 1.48 bits per heavy atom. The Labute approximate surface area is 123 Å². The van der Waals surface area contributed by atoms with Crippen molar-refractivity contribution in [1.82, 2.24) is 0 Å². The lowest BCUT2D eigenvalue weighted by atomic mass is 9.97. The molecular weight excluding hydrogens is 272 g/mol. The number of carboxylic acid groups (broad SMARTS) is 1. The predicted molar refractivity (Wildman–Crippen MR) is 82.5 cm³/mol. The van der Waals surface area contributed by atoms with E-state index >= 15 is 0 Å². The minimum absolute atomic E-state index is 0.0634. The van der Waals surface area contributed by atoms with Crippen molar-refractivity contribution in [3.63, 3.8) is 0 Å². The molecule has 114 valence electrons. The van der Waals surface area contributed by atoms with Gasteiger partial charge in [-0.3, -0.25) is 10.1 Å². The Balaban J connectivity index is 3.37. The van der Waals surface area contributed by atoms with Gasteiger partial charge in [-0.15, -0.1) is 0 Å². The van der Waals surface area contributed by atoms with Crippen LogP contribution in [0.15, 0.2) is 24.3 Å². The average Bonchev–Trinajstić information content (AvgIpc) is 2.43. The standard InChI is InChI=1S/C15H20N2O4/c1-5-15(2,3)16(4)13-8-7-12(17(20)21)10-11(13)6-9-14(18)19/h6-10H,5H2,1-4H3,(H,18,19). The van der Waals surface area contributed by atoms with Crippen molar-refractivity contribution in [1.29, 1.82) is 0 Å². The van der Waals surface area contributed by atoms with E-state index in [9.17, 15) is 14.9 Å². The van der Waals surface area contributed by atoms with Gasteiger partial charge in [-0.2, -0.15) is 0 Å². The summed E-state index contributed by atoms with van der Waals surface area (Å²) in [4.78, 5) is 23.1. The molecule has 6 nitrogen and oxygen atoms in total. The summed E-state index contributed by atoms with van der Waals surface area (Å²) in [5, 5.41) is 19.6. The number of non-ortho nitro benzene ring substituents is 1. The molecule has 1 rings (SSSR count). The van der Waals surface area contributed by atoms with E-state index in [2.05, 4.69) is 20.8 Å². The van der Waals surface area contributed by atoms with Crippen molar-refractivity contribution < 1.29 is 14.8 Å². The summed E-state index contributed by atoms with van der Waals surface area (Å²) in [5.41, 5.74) is 1.05. The van der Waals surface area contributed by atoms with Gasteiger partial charge in [0.1, 0.15) is 0 Å². The summed E-state index contributed by atoms with van der Waals surface area (Å²) in [5.74, 6) is -1.09. The Kier molecular flexibility index (Phi) is 5.07. The van der Waals surface area contributed by atoms with Crippen LogP contribution in [0, 0.1) is 10.1 Å². The molecule has 0 atom stereocenters. The first kappa shape index (κ1) is 16.7. The van der Waals surface area contributed by atoms with Crippen molar-refractivity contribution in [3.05, 3.63) is 40.0 Å². The largest absolute Gasteiger partial charge is 0.478 e.